The van der Waals surface area contributed by atoms with Crippen LogP contribution in [0.25, 0.3) is 0 Å². The number of para-hydroxylation sites is 1. The highest BCUT2D eigenvalue weighted by molar-refractivity contribution is 7.96. The van der Waals surface area contributed by atoms with Crippen LogP contribution in [0.5, 0.6) is 5.75 Å². The minimum atomic E-state index is -0.403. The molecule has 0 saturated heterocycles. The van der Waals surface area contributed by atoms with Crippen molar-refractivity contribution in [2.45, 2.75) is 13.8 Å². The molecule has 0 aliphatic rings. The van der Waals surface area contributed by atoms with E-state index in [9.17, 15) is 9.90 Å². The number of thiol groups is 1. The van der Waals surface area contributed by atoms with Crippen molar-refractivity contribution in [2.75, 3.05) is 5.32 Å². The highest BCUT2D eigenvalue weighted by Crippen LogP contribution is 2.28. The van der Waals surface area contributed by atoms with E-state index in [0.717, 1.165) is 16.8 Å². The van der Waals surface area contributed by atoms with Crippen molar-refractivity contribution in [2.24, 2.45) is 4.99 Å². The number of aryl methyl sites for hydroxylation is 2. The number of phenols is 1. The number of amides is 1. The van der Waals surface area contributed by atoms with Crippen LogP contribution in [0.4, 0.5) is 16.2 Å². The van der Waals surface area contributed by atoms with E-state index in [4.69, 9.17) is 0 Å². The van der Waals surface area contributed by atoms with Crippen molar-refractivity contribution < 1.29 is 9.90 Å². The SMILES string of the molecule is Cc1cc(NC(=O)S)cc(C)c1N=Cc1ccccc1O. The average molecular weight is 300 g/mol. The normalized spacial score (nSPS) is 10.8. The molecule has 108 valence electrons. The smallest absolute Gasteiger partial charge is 0.280 e. The van der Waals surface area contributed by atoms with Crippen molar-refractivity contribution in [3.8, 4) is 5.75 Å². The van der Waals surface area contributed by atoms with Gasteiger partial charge in [-0.3, -0.25) is 9.79 Å². The summed E-state index contributed by atoms with van der Waals surface area (Å²) >= 11 is 3.70. The zero-order valence-corrected chi connectivity index (χ0v) is 12.7. The van der Waals surface area contributed by atoms with Crippen molar-refractivity contribution in [1.82, 2.24) is 0 Å². The predicted octanol–water partition coefficient (Wildman–Crippen LogP) is 4.22. The Balaban J connectivity index is 2.33. The number of aliphatic imine (C=N–C) groups is 1. The van der Waals surface area contributed by atoms with Gasteiger partial charge in [0.15, 0.2) is 0 Å². The molecule has 0 aromatic heterocycles. The Hall–Kier alpha value is -2.27. The maximum atomic E-state index is 11.0. The maximum absolute atomic E-state index is 11.0. The van der Waals surface area contributed by atoms with E-state index < -0.39 is 5.24 Å². The summed E-state index contributed by atoms with van der Waals surface area (Å²) < 4.78 is 0. The van der Waals surface area contributed by atoms with E-state index in [2.05, 4.69) is 22.9 Å². The van der Waals surface area contributed by atoms with Gasteiger partial charge < -0.3 is 10.4 Å². The Labute approximate surface area is 129 Å². The lowest BCUT2D eigenvalue weighted by molar-refractivity contribution is 0.270. The molecule has 21 heavy (non-hydrogen) atoms. The first-order chi connectivity index (χ1) is 9.97. The van der Waals surface area contributed by atoms with E-state index in [1.54, 1.807) is 24.4 Å². The topological polar surface area (TPSA) is 61.7 Å². The summed E-state index contributed by atoms with van der Waals surface area (Å²) in [5, 5.41) is 11.9. The van der Waals surface area contributed by atoms with Crippen molar-refractivity contribution in [3.63, 3.8) is 0 Å². The largest absolute Gasteiger partial charge is 0.507 e. The molecule has 5 heteroatoms. The third-order valence-corrected chi connectivity index (χ3v) is 3.12. The molecule has 4 nitrogen and oxygen atoms in total. The summed E-state index contributed by atoms with van der Waals surface area (Å²) in [4.78, 5) is 15.4. The van der Waals surface area contributed by atoms with Gasteiger partial charge in [-0.2, -0.15) is 0 Å². The summed E-state index contributed by atoms with van der Waals surface area (Å²) in [6.07, 6.45) is 1.63. The lowest BCUT2D eigenvalue weighted by atomic mass is 10.1. The lowest BCUT2D eigenvalue weighted by Crippen LogP contribution is -2.01. The molecular formula is C16H16N2O2S. The summed E-state index contributed by atoms with van der Waals surface area (Å²) in [6, 6.07) is 10.7. The van der Waals surface area contributed by atoms with Crippen LogP contribution in [0, 0.1) is 13.8 Å². The van der Waals surface area contributed by atoms with Crippen LogP contribution < -0.4 is 5.32 Å². The summed E-state index contributed by atoms with van der Waals surface area (Å²) in [5.74, 6) is 0.190. The monoisotopic (exact) mass is 300 g/mol. The highest BCUT2D eigenvalue weighted by Gasteiger charge is 2.05. The van der Waals surface area contributed by atoms with Gasteiger partial charge in [0, 0.05) is 17.5 Å². The van der Waals surface area contributed by atoms with Gasteiger partial charge in [-0.05, 0) is 49.2 Å². The second-order valence-corrected chi connectivity index (χ2v) is 5.11. The zero-order valence-electron chi connectivity index (χ0n) is 11.8. The third kappa shape index (κ3) is 3.86. The summed E-state index contributed by atoms with van der Waals surface area (Å²) in [5.41, 5.74) is 4.02. The fourth-order valence-electron chi connectivity index (χ4n) is 2.09. The van der Waals surface area contributed by atoms with Crippen molar-refractivity contribution in [1.29, 1.82) is 0 Å². The number of rotatable bonds is 3. The number of anilines is 1. The van der Waals surface area contributed by atoms with Crippen LogP contribution in [-0.2, 0) is 0 Å². The second-order valence-electron chi connectivity index (χ2n) is 4.71. The minimum absolute atomic E-state index is 0.190. The van der Waals surface area contributed by atoms with Gasteiger partial charge in [0.2, 0.25) is 0 Å². The second kappa shape index (κ2) is 6.45. The molecule has 0 saturated carbocycles. The van der Waals surface area contributed by atoms with E-state index in [1.807, 2.05) is 32.0 Å². The number of aromatic hydroxyl groups is 1. The summed E-state index contributed by atoms with van der Waals surface area (Å²) in [6.45, 7) is 3.83. The Bertz CT molecular complexity index is 688. The number of nitrogens with one attached hydrogen (secondary N) is 1. The molecule has 0 atom stereocenters. The molecule has 0 fully saturated rings. The standard InChI is InChI=1S/C16H16N2O2S/c1-10-7-13(18-16(20)21)8-11(2)15(10)17-9-12-5-3-4-6-14(12)19/h3-9,19H,1-2H3,(H2,18,20,21). The molecule has 0 radical (unpaired) electrons. The van der Waals surface area contributed by atoms with Crippen molar-refractivity contribution >= 4 is 35.5 Å². The van der Waals surface area contributed by atoms with Gasteiger partial charge in [-0.1, -0.05) is 24.8 Å². The number of hydrogen-bond donors (Lipinski definition) is 3. The molecule has 0 bridgehead atoms. The highest BCUT2D eigenvalue weighted by atomic mass is 32.1. The molecule has 2 N–H and O–H groups in total. The Kier molecular flexibility index (Phi) is 4.65. The molecule has 0 aliphatic heterocycles. The molecule has 2 aromatic carbocycles. The number of carbonyl (C=O) groups excluding carboxylic acids is 1. The number of hydrogen-bond acceptors (Lipinski definition) is 3. The zero-order chi connectivity index (χ0) is 15.4. The first-order valence-corrected chi connectivity index (χ1v) is 6.85. The third-order valence-electron chi connectivity index (χ3n) is 3.01. The molecule has 0 unspecified atom stereocenters. The quantitative estimate of drug-likeness (QED) is 0.587. The van der Waals surface area contributed by atoms with Crippen LogP contribution in [0.15, 0.2) is 41.4 Å². The molecule has 0 aliphatic carbocycles. The van der Waals surface area contributed by atoms with Crippen LogP contribution in [0.2, 0.25) is 0 Å². The van der Waals surface area contributed by atoms with E-state index >= 15 is 0 Å². The number of phenolic OH excluding ortho intramolecular Hbond substituents is 1. The van der Waals surface area contributed by atoms with Crippen LogP contribution in [0.3, 0.4) is 0 Å². The van der Waals surface area contributed by atoms with Gasteiger partial charge in [0.25, 0.3) is 5.24 Å². The Morgan fingerprint density at radius 2 is 1.86 bits per heavy atom. The summed E-state index contributed by atoms with van der Waals surface area (Å²) in [7, 11) is 0. The van der Waals surface area contributed by atoms with E-state index in [-0.39, 0.29) is 5.75 Å². The fourth-order valence-corrected chi connectivity index (χ4v) is 2.22. The number of nitrogens with zero attached hydrogens (tertiary/aromatic N) is 1. The fraction of sp³-hybridized carbons (Fsp3) is 0.125. The van der Waals surface area contributed by atoms with Gasteiger partial charge in [0.1, 0.15) is 5.75 Å². The van der Waals surface area contributed by atoms with Gasteiger partial charge in [0.05, 0.1) is 5.69 Å². The Morgan fingerprint density at radius 3 is 2.43 bits per heavy atom. The molecule has 2 rings (SSSR count). The minimum Gasteiger partial charge on any atom is -0.507 e. The van der Waals surface area contributed by atoms with E-state index in [0.29, 0.717) is 11.3 Å². The predicted molar refractivity (Wildman–Crippen MR) is 89.3 cm³/mol. The molecular weight excluding hydrogens is 284 g/mol. The maximum Gasteiger partial charge on any atom is 0.280 e. The lowest BCUT2D eigenvalue weighted by Gasteiger charge is -2.09. The van der Waals surface area contributed by atoms with Crippen LogP contribution in [-0.4, -0.2) is 16.6 Å². The van der Waals surface area contributed by atoms with Crippen LogP contribution >= 0.6 is 12.6 Å². The molecule has 2 aromatic rings. The number of benzene rings is 2. The van der Waals surface area contributed by atoms with Crippen LogP contribution in [0.1, 0.15) is 16.7 Å². The van der Waals surface area contributed by atoms with Gasteiger partial charge >= 0.3 is 0 Å². The molecule has 1 amide bonds. The average Bonchev–Trinajstić information content (AvgIpc) is 2.39. The van der Waals surface area contributed by atoms with Gasteiger partial charge in [-0.15, -0.1) is 0 Å². The first kappa shape index (κ1) is 15.1. The van der Waals surface area contributed by atoms with Gasteiger partial charge in [-0.25, -0.2) is 0 Å². The first-order valence-electron chi connectivity index (χ1n) is 6.40. The molecule has 0 heterocycles. The molecule has 0 spiro atoms. The van der Waals surface area contributed by atoms with Crippen molar-refractivity contribution in [3.05, 3.63) is 53.1 Å². The number of carbonyl (C=O) groups is 1. The Morgan fingerprint density at radius 1 is 1.24 bits per heavy atom. The van der Waals surface area contributed by atoms with E-state index in [1.165, 1.54) is 0 Å².